The normalized spacial score (nSPS) is 13.1. The van der Waals surface area contributed by atoms with E-state index in [1.165, 1.54) is 6.92 Å². The van der Waals surface area contributed by atoms with Gasteiger partial charge in [-0.3, -0.25) is 9.59 Å². The lowest BCUT2D eigenvalue weighted by molar-refractivity contribution is -0.119. The average Bonchev–Trinajstić information content (AvgIpc) is 2.43. The van der Waals surface area contributed by atoms with Crippen LogP contribution in [0.2, 0.25) is 0 Å². The zero-order valence-electron chi connectivity index (χ0n) is 12.5. The number of anilines is 1. The van der Waals surface area contributed by atoms with E-state index in [9.17, 15) is 14.4 Å². The van der Waals surface area contributed by atoms with E-state index >= 15 is 0 Å². The number of hydrogen-bond donors (Lipinski definition) is 3. The highest BCUT2D eigenvalue weighted by Gasteiger charge is 2.25. The minimum atomic E-state index is -0.743. The van der Waals surface area contributed by atoms with Crippen LogP contribution in [0.4, 0.5) is 10.5 Å². The number of benzene rings is 1. The number of nitrogens with two attached hydrogens (primary N) is 1. The van der Waals surface area contributed by atoms with Gasteiger partial charge in [-0.25, -0.2) is 4.79 Å². The molecule has 0 aliphatic carbocycles. The first-order valence-electron chi connectivity index (χ1n) is 6.83. The fourth-order valence-electron chi connectivity index (χ4n) is 1.89. The first-order valence-corrected chi connectivity index (χ1v) is 6.83. The van der Waals surface area contributed by atoms with Crippen molar-refractivity contribution in [3.05, 3.63) is 29.8 Å². The molecular weight excluding hydrogens is 270 g/mol. The Morgan fingerprint density at radius 3 is 2.48 bits per heavy atom. The maximum absolute atomic E-state index is 12.3. The Labute approximate surface area is 124 Å². The van der Waals surface area contributed by atoms with Gasteiger partial charge in [0.1, 0.15) is 6.04 Å². The standard InChI is InChI=1S/C15H21N3O3/c1-4-9(2)13(18-15(16)21)14(20)17-12-7-5-6-11(8-12)10(3)19/h5-9,13H,4H2,1-3H3,(H,17,20)(H3,16,18,21)/t9-,13-/m0/s1. The van der Waals surface area contributed by atoms with E-state index in [1.807, 2.05) is 13.8 Å². The SMILES string of the molecule is CC[C@H](C)[C@H](NC(N)=O)C(=O)Nc1cccc(C(C)=O)c1. The van der Waals surface area contributed by atoms with Gasteiger partial charge in [0.15, 0.2) is 5.78 Å². The van der Waals surface area contributed by atoms with Crippen LogP contribution in [-0.4, -0.2) is 23.8 Å². The predicted octanol–water partition coefficient (Wildman–Crippen LogP) is 1.91. The summed E-state index contributed by atoms with van der Waals surface area (Å²) in [7, 11) is 0. The molecule has 0 fully saturated rings. The molecule has 0 spiro atoms. The topological polar surface area (TPSA) is 101 Å². The van der Waals surface area contributed by atoms with E-state index in [-0.39, 0.29) is 17.6 Å². The van der Waals surface area contributed by atoms with Crippen LogP contribution < -0.4 is 16.4 Å². The molecule has 4 N–H and O–H groups in total. The number of ketones is 1. The summed E-state index contributed by atoms with van der Waals surface area (Å²) < 4.78 is 0. The van der Waals surface area contributed by atoms with Gasteiger partial charge in [-0.1, -0.05) is 32.4 Å². The van der Waals surface area contributed by atoms with Crippen LogP contribution in [0, 0.1) is 5.92 Å². The van der Waals surface area contributed by atoms with E-state index < -0.39 is 12.1 Å². The van der Waals surface area contributed by atoms with Crippen LogP contribution in [0.1, 0.15) is 37.6 Å². The second-order valence-corrected chi connectivity index (χ2v) is 5.00. The quantitative estimate of drug-likeness (QED) is 0.698. The monoisotopic (exact) mass is 291 g/mol. The Hall–Kier alpha value is -2.37. The summed E-state index contributed by atoms with van der Waals surface area (Å²) in [6, 6.07) is 5.18. The minimum Gasteiger partial charge on any atom is -0.352 e. The first-order chi connectivity index (χ1) is 9.85. The summed E-state index contributed by atoms with van der Waals surface area (Å²) in [5.74, 6) is -0.503. The largest absolute Gasteiger partial charge is 0.352 e. The van der Waals surface area contributed by atoms with E-state index in [0.717, 1.165) is 0 Å². The van der Waals surface area contributed by atoms with Crippen molar-refractivity contribution in [3.8, 4) is 0 Å². The highest BCUT2D eigenvalue weighted by atomic mass is 16.2. The highest BCUT2D eigenvalue weighted by molar-refractivity contribution is 5.99. The number of amides is 3. The zero-order chi connectivity index (χ0) is 16.0. The van der Waals surface area contributed by atoms with Gasteiger partial charge in [0.25, 0.3) is 0 Å². The number of Topliss-reactive ketones (excluding diaryl/α,β-unsaturated/α-hetero) is 1. The molecule has 0 aromatic heterocycles. The van der Waals surface area contributed by atoms with Crippen LogP contribution in [0.15, 0.2) is 24.3 Å². The van der Waals surface area contributed by atoms with Gasteiger partial charge < -0.3 is 16.4 Å². The molecule has 1 aromatic carbocycles. The third-order valence-corrected chi connectivity index (χ3v) is 3.33. The maximum atomic E-state index is 12.3. The maximum Gasteiger partial charge on any atom is 0.312 e. The number of rotatable bonds is 6. The van der Waals surface area contributed by atoms with E-state index in [4.69, 9.17) is 5.73 Å². The van der Waals surface area contributed by atoms with Crippen LogP contribution in [-0.2, 0) is 4.79 Å². The molecule has 21 heavy (non-hydrogen) atoms. The summed E-state index contributed by atoms with van der Waals surface area (Å²) in [5, 5.41) is 5.14. The summed E-state index contributed by atoms with van der Waals surface area (Å²) in [5.41, 5.74) is 6.12. The molecular formula is C15H21N3O3. The Morgan fingerprint density at radius 1 is 1.29 bits per heavy atom. The lowest BCUT2D eigenvalue weighted by Crippen LogP contribution is -2.49. The van der Waals surface area contributed by atoms with Crippen molar-refractivity contribution in [1.29, 1.82) is 0 Å². The predicted molar refractivity (Wildman–Crippen MR) is 81.0 cm³/mol. The Bertz CT molecular complexity index is 543. The number of primary amides is 1. The number of hydrogen-bond acceptors (Lipinski definition) is 3. The first kappa shape index (κ1) is 16.7. The van der Waals surface area contributed by atoms with Crippen molar-refractivity contribution < 1.29 is 14.4 Å². The van der Waals surface area contributed by atoms with E-state index in [0.29, 0.717) is 17.7 Å². The van der Waals surface area contributed by atoms with Gasteiger partial charge in [-0.15, -0.1) is 0 Å². The Morgan fingerprint density at radius 2 is 1.95 bits per heavy atom. The zero-order valence-corrected chi connectivity index (χ0v) is 12.5. The molecule has 1 rings (SSSR count). The Balaban J connectivity index is 2.88. The molecule has 6 nitrogen and oxygen atoms in total. The van der Waals surface area contributed by atoms with Crippen LogP contribution in [0.25, 0.3) is 0 Å². The number of urea groups is 1. The number of carbonyl (C=O) groups is 3. The van der Waals surface area contributed by atoms with Crippen molar-refractivity contribution in [2.75, 3.05) is 5.32 Å². The summed E-state index contributed by atoms with van der Waals surface area (Å²) >= 11 is 0. The third-order valence-electron chi connectivity index (χ3n) is 3.33. The van der Waals surface area contributed by atoms with E-state index in [1.54, 1.807) is 24.3 Å². The number of nitrogens with one attached hydrogen (secondary N) is 2. The van der Waals surface area contributed by atoms with Gasteiger partial charge in [-0.05, 0) is 25.0 Å². The van der Waals surface area contributed by atoms with Crippen LogP contribution >= 0.6 is 0 Å². The molecule has 3 amide bonds. The van der Waals surface area contributed by atoms with Gasteiger partial charge in [0.05, 0.1) is 0 Å². The van der Waals surface area contributed by atoms with Gasteiger partial charge >= 0.3 is 6.03 Å². The smallest absolute Gasteiger partial charge is 0.312 e. The molecule has 0 radical (unpaired) electrons. The van der Waals surface area contributed by atoms with Crippen molar-refractivity contribution in [3.63, 3.8) is 0 Å². The lowest BCUT2D eigenvalue weighted by atomic mass is 9.98. The second kappa shape index (κ2) is 7.42. The van der Waals surface area contributed by atoms with Crippen molar-refractivity contribution in [2.45, 2.75) is 33.2 Å². The molecule has 114 valence electrons. The minimum absolute atomic E-state index is 0.0616. The molecule has 1 aromatic rings. The van der Waals surface area contributed by atoms with Crippen molar-refractivity contribution in [1.82, 2.24) is 5.32 Å². The molecule has 6 heteroatoms. The van der Waals surface area contributed by atoms with Crippen molar-refractivity contribution in [2.24, 2.45) is 11.7 Å². The molecule has 0 saturated carbocycles. The summed E-state index contributed by atoms with van der Waals surface area (Å²) in [6.07, 6.45) is 0.714. The summed E-state index contributed by atoms with van der Waals surface area (Å²) in [4.78, 5) is 34.6. The molecule has 2 atom stereocenters. The van der Waals surface area contributed by atoms with Crippen molar-refractivity contribution >= 4 is 23.4 Å². The van der Waals surface area contributed by atoms with Crippen LogP contribution in [0.3, 0.4) is 0 Å². The molecule has 0 unspecified atom stereocenters. The summed E-state index contributed by atoms with van der Waals surface area (Å²) in [6.45, 7) is 5.23. The van der Waals surface area contributed by atoms with Gasteiger partial charge in [0.2, 0.25) is 5.91 Å². The second-order valence-electron chi connectivity index (χ2n) is 5.00. The third kappa shape index (κ3) is 4.91. The fourth-order valence-corrected chi connectivity index (χ4v) is 1.89. The molecule has 0 saturated heterocycles. The fraction of sp³-hybridized carbons (Fsp3) is 0.400. The Kier molecular flexibility index (Phi) is 5.90. The van der Waals surface area contributed by atoms with Crippen LogP contribution in [0.5, 0.6) is 0 Å². The molecule has 0 bridgehead atoms. The average molecular weight is 291 g/mol. The highest BCUT2D eigenvalue weighted by Crippen LogP contribution is 2.14. The van der Waals surface area contributed by atoms with Gasteiger partial charge in [0, 0.05) is 11.3 Å². The molecule has 0 aliphatic rings. The van der Waals surface area contributed by atoms with Gasteiger partial charge in [-0.2, -0.15) is 0 Å². The molecule has 0 heterocycles. The molecule has 0 aliphatic heterocycles. The number of carbonyl (C=O) groups excluding carboxylic acids is 3. The van der Waals surface area contributed by atoms with E-state index in [2.05, 4.69) is 10.6 Å². The lowest BCUT2D eigenvalue weighted by Gasteiger charge is -2.22.